The molecule has 13 rings (SSSR count). The Labute approximate surface area is 285 Å². The summed E-state index contributed by atoms with van der Waals surface area (Å²) in [6.07, 6.45) is 12.7. The summed E-state index contributed by atoms with van der Waals surface area (Å²) in [6, 6.07) is 45.3. The van der Waals surface area contributed by atoms with Crippen molar-refractivity contribution < 1.29 is 0 Å². The third-order valence-electron chi connectivity index (χ3n) is 15.1. The van der Waals surface area contributed by atoms with Crippen molar-refractivity contribution in [2.45, 2.75) is 68.6 Å². The van der Waals surface area contributed by atoms with Gasteiger partial charge in [0.15, 0.2) is 0 Å². The van der Waals surface area contributed by atoms with Crippen LogP contribution in [0.2, 0.25) is 0 Å². The van der Waals surface area contributed by atoms with Crippen molar-refractivity contribution in [1.82, 2.24) is 0 Å². The van der Waals surface area contributed by atoms with Gasteiger partial charge in [-0.05, 0) is 168 Å². The van der Waals surface area contributed by atoms with Crippen LogP contribution in [0.5, 0.6) is 0 Å². The van der Waals surface area contributed by atoms with E-state index in [1.54, 1.807) is 22.3 Å². The monoisotopic (exact) mass is 621 g/mol. The molecule has 48 heavy (non-hydrogen) atoms. The Morgan fingerprint density at radius 3 is 1.75 bits per heavy atom. The zero-order chi connectivity index (χ0) is 31.2. The van der Waals surface area contributed by atoms with Crippen LogP contribution < -0.4 is 4.90 Å². The lowest BCUT2D eigenvalue weighted by molar-refractivity contribution is -0.0399. The minimum atomic E-state index is 0.169. The van der Waals surface area contributed by atoms with E-state index in [4.69, 9.17) is 0 Å². The van der Waals surface area contributed by atoms with Gasteiger partial charge >= 0.3 is 0 Å². The molecule has 0 N–H and O–H groups in total. The highest BCUT2D eigenvalue weighted by Crippen LogP contribution is 2.70. The van der Waals surface area contributed by atoms with E-state index in [-0.39, 0.29) is 10.8 Å². The molecule has 8 aliphatic carbocycles. The minimum absolute atomic E-state index is 0.169. The molecule has 6 bridgehead atoms. The van der Waals surface area contributed by atoms with Gasteiger partial charge in [-0.25, -0.2) is 0 Å². The summed E-state index contributed by atoms with van der Waals surface area (Å²) in [5, 5.41) is 0. The molecule has 6 saturated carbocycles. The first-order valence-electron chi connectivity index (χ1n) is 19.1. The Hall–Kier alpha value is -4.10. The van der Waals surface area contributed by atoms with E-state index >= 15 is 0 Å². The molecule has 0 aliphatic heterocycles. The van der Waals surface area contributed by atoms with Crippen LogP contribution >= 0.6 is 0 Å². The van der Waals surface area contributed by atoms with Gasteiger partial charge in [-0.2, -0.15) is 0 Å². The molecule has 0 radical (unpaired) electrons. The first-order valence-corrected chi connectivity index (χ1v) is 19.1. The lowest BCUT2D eigenvalue weighted by Gasteiger charge is -2.61. The van der Waals surface area contributed by atoms with E-state index in [0.29, 0.717) is 0 Å². The van der Waals surface area contributed by atoms with Crippen molar-refractivity contribution >= 4 is 17.1 Å². The minimum Gasteiger partial charge on any atom is -0.310 e. The molecule has 0 amide bonds. The molecule has 0 unspecified atom stereocenters. The van der Waals surface area contributed by atoms with E-state index in [9.17, 15) is 0 Å². The summed E-state index contributed by atoms with van der Waals surface area (Å²) in [6.45, 7) is 0. The molecular formula is C47H43N. The molecule has 3 atom stereocenters. The number of benzene rings is 5. The van der Waals surface area contributed by atoms with Crippen LogP contribution in [0, 0.1) is 35.5 Å². The Morgan fingerprint density at radius 2 is 1.02 bits per heavy atom. The number of nitrogens with zero attached hydrogens (tertiary/aromatic N) is 1. The molecule has 6 fully saturated rings. The average molecular weight is 622 g/mol. The molecule has 236 valence electrons. The van der Waals surface area contributed by atoms with Crippen LogP contribution in [-0.2, 0) is 10.8 Å². The smallest absolute Gasteiger partial charge is 0.0468 e. The van der Waals surface area contributed by atoms with Crippen LogP contribution in [0.15, 0.2) is 115 Å². The molecule has 0 heterocycles. The van der Waals surface area contributed by atoms with E-state index in [1.807, 2.05) is 0 Å². The van der Waals surface area contributed by atoms with Crippen LogP contribution in [0.25, 0.3) is 22.3 Å². The van der Waals surface area contributed by atoms with Crippen LogP contribution in [-0.4, -0.2) is 0 Å². The molecule has 2 spiro atoms. The van der Waals surface area contributed by atoms with Gasteiger partial charge in [0.05, 0.1) is 0 Å². The van der Waals surface area contributed by atoms with Crippen molar-refractivity contribution in [3.05, 3.63) is 138 Å². The second-order valence-electron chi connectivity index (χ2n) is 16.9. The summed E-state index contributed by atoms with van der Waals surface area (Å²) in [4.78, 5) is 2.57. The highest BCUT2D eigenvalue weighted by Gasteiger charge is 2.62. The van der Waals surface area contributed by atoms with Crippen LogP contribution in [0.4, 0.5) is 17.1 Å². The van der Waals surface area contributed by atoms with Gasteiger partial charge in [-0.1, -0.05) is 85.3 Å². The number of fused-ring (bicyclic) bond motifs is 11. The second-order valence-corrected chi connectivity index (χ2v) is 16.9. The van der Waals surface area contributed by atoms with Gasteiger partial charge in [0.2, 0.25) is 0 Å². The lowest BCUT2D eigenvalue weighted by Crippen LogP contribution is -2.55. The summed E-state index contributed by atoms with van der Waals surface area (Å²) in [7, 11) is 0. The van der Waals surface area contributed by atoms with Gasteiger partial charge in [0, 0.05) is 27.9 Å². The van der Waals surface area contributed by atoms with Gasteiger partial charge < -0.3 is 4.90 Å². The highest BCUT2D eigenvalue weighted by molar-refractivity contribution is 5.89. The fourth-order valence-electron chi connectivity index (χ4n) is 13.8. The van der Waals surface area contributed by atoms with Crippen molar-refractivity contribution in [3.63, 3.8) is 0 Å². The summed E-state index contributed by atoms with van der Waals surface area (Å²) < 4.78 is 0. The normalized spacial score (nSPS) is 33.7. The standard InChI is InChI=1S/C47H43N/c1-2-8-35(9-3-1)48(36-17-19-43-41(26-36)39-11-4-6-12-42(39)46(43)28-29-14-15-32(46)21-29)37-16-18-40-38-10-5-7-13-44(38)47(45(40)27-37)33-22-30-20-31(24-33)25-34(47)23-30/h1-13,16-19,26-27,29-34H,14-15,20-25,28H2/t29-,30?,31?,32+,33?,34?,46-,47?/m0/s1. The molecule has 0 aromatic heterocycles. The van der Waals surface area contributed by atoms with Gasteiger partial charge in [0.1, 0.15) is 0 Å². The van der Waals surface area contributed by atoms with Crippen LogP contribution in [0.3, 0.4) is 0 Å². The number of hydrogen-bond acceptors (Lipinski definition) is 1. The molecule has 1 heteroatoms. The second kappa shape index (κ2) is 9.32. The quantitative estimate of drug-likeness (QED) is 0.194. The Morgan fingerprint density at radius 1 is 0.417 bits per heavy atom. The SMILES string of the molecule is c1ccc(N(c2ccc3c(c2)-c2ccccc2[C@@]32C[C@H]3CC[C@@H]2C3)c2ccc3c(c2)C2(c4ccccc4-3)C3CC4CC(C3)CC2C4)cc1. The Kier molecular flexibility index (Phi) is 5.20. The van der Waals surface area contributed by atoms with E-state index in [0.717, 1.165) is 35.5 Å². The first kappa shape index (κ1) is 26.8. The molecule has 5 aromatic carbocycles. The average Bonchev–Trinajstić information content (AvgIpc) is 3.88. The third kappa shape index (κ3) is 3.20. The largest absolute Gasteiger partial charge is 0.310 e. The number of anilines is 3. The maximum atomic E-state index is 2.66. The number of para-hydroxylation sites is 1. The third-order valence-corrected chi connectivity index (χ3v) is 15.1. The molecule has 8 aliphatic rings. The van der Waals surface area contributed by atoms with Crippen molar-refractivity contribution in [2.75, 3.05) is 4.90 Å². The van der Waals surface area contributed by atoms with Gasteiger partial charge in [-0.3, -0.25) is 0 Å². The van der Waals surface area contributed by atoms with E-state index < -0.39 is 0 Å². The van der Waals surface area contributed by atoms with Crippen molar-refractivity contribution in [1.29, 1.82) is 0 Å². The number of hydrogen-bond donors (Lipinski definition) is 0. The molecular weight excluding hydrogens is 579 g/mol. The van der Waals surface area contributed by atoms with E-state index in [2.05, 4.69) is 120 Å². The first-order chi connectivity index (χ1) is 23.7. The van der Waals surface area contributed by atoms with Gasteiger partial charge in [0.25, 0.3) is 0 Å². The predicted octanol–water partition coefficient (Wildman–Crippen LogP) is 12.0. The van der Waals surface area contributed by atoms with Crippen LogP contribution in [0.1, 0.15) is 80.0 Å². The maximum Gasteiger partial charge on any atom is 0.0468 e. The number of rotatable bonds is 3. The van der Waals surface area contributed by atoms with Gasteiger partial charge in [-0.15, -0.1) is 0 Å². The summed E-state index contributed by atoms with van der Waals surface area (Å²) in [5.41, 5.74) is 16.6. The van der Waals surface area contributed by atoms with E-state index in [1.165, 1.54) is 97.1 Å². The molecule has 1 nitrogen and oxygen atoms in total. The highest BCUT2D eigenvalue weighted by atomic mass is 15.1. The molecule has 5 aromatic rings. The molecule has 0 saturated heterocycles. The fourth-order valence-corrected chi connectivity index (χ4v) is 13.8. The topological polar surface area (TPSA) is 3.24 Å². The fraction of sp³-hybridized carbons (Fsp3) is 0.362. The predicted molar refractivity (Wildman–Crippen MR) is 196 cm³/mol. The van der Waals surface area contributed by atoms with Crippen molar-refractivity contribution in [2.24, 2.45) is 35.5 Å². The zero-order valence-electron chi connectivity index (χ0n) is 27.7. The van der Waals surface area contributed by atoms with Crippen molar-refractivity contribution in [3.8, 4) is 22.3 Å². The Bertz CT molecular complexity index is 2110. The zero-order valence-corrected chi connectivity index (χ0v) is 27.7. The maximum absolute atomic E-state index is 2.66. The summed E-state index contributed by atoms with van der Waals surface area (Å²) in [5.74, 6) is 5.12. The summed E-state index contributed by atoms with van der Waals surface area (Å²) >= 11 is 0. The lowest BCUT2D eigenvalue weighted by atomic mass is 9.43. The Balaban J connectivity index is 1.05.